The Hall–Kier alpha value is -0.420. The van der Waals surface area contributed by atoms with Gasteiger partial charge in [0, 0.05) is 0 Å². The van der Waals surface area contributed by atoms with Crippen molar-refractivity contribution in [1.29, 1.82) is 0 Å². The highest BCUT2D eigenvalue weighted by molar-refractivity contribution is 8.46. The molecule has 0 saturated carbocycles. The Bertz CT molecular complexity index is 232. The first-order valence-electron chi connectivity index (χ1n) is 2.72. The van der Waals surface area contributed by atoms with Gasteiger partial charge in [-0.25, -0.2) is 0 Å². The van der Waals surface area contributed by atoms with E-state index in [4.69, 9.17) is 0 Å². The predicted molar refractivity (Wildman–Crippen MR) is 29.0 cm³/mol. The molecule has 0 unspecified atom stereocenters. The van der Waals surface area contributed by atoms with E-state index in [9.17, 15) is 45.8 Å². The van der Waals surface area contributed by atoms with Gasteiger partial charge in [0.1, 0.15) is 0 Å². The number of alkyl halides is 6. The first kappa shape index (κ1) is 14.6. The summed E-state index contributed by atoms with van der Waals surface area (Å²) in [6, 6.07) is 0. The van der Waals surface area contributed by atoms with Gasteiger partial charge < -0.3 is 0 Å². The molecule has 12 heteroatoms. The highest BCUT2D eigenvalue weighted by Gasteiger charge is 2.86. The molecule has 0 aliphatic heterocycles. The van der Waals surface area contributed by atoms with Crippen LogP contribution >= 0.6 is 10.2 Å². The van der Waals surface area contributed by atoms with Gasteiger partial charge in [-0.1, -0.05) is 19.4 Å². The quantitative estimate of drug-likeness (QED) is 0.605. The summed E-state index contributed by atoms with van der Waals surface area (Å²) in [6.45, 7) is 0. The summed E-state index contributed by atoms with van der Waals surface area (Å²) >= 11 is 0. The summed E-state index contributed by atoms with van der Waals surface area (Å²) in [6.07, 6.45) is -14.3. The summed E-state index contributed by atoms with van der Waals surface area (Å²) in [5, 5.41) is -6.59. The minimum absolute atomic E-state index is 6.59. The second-order valence-electron chi connectivity index (χ2n) is 2.49. The highest BCUT2D eigenvalue weighted by atomic mass is 32.5. The topological polar surface area (TPSA) is 0 Å². The van der Waals surface area contributed by atoms with Crippen LogP contribution in [-0.2, 0) is 0 Å². The molecule has 0 aromatic heterocycles. The number of hydrogen-bond donors (Lipinski definition) is 0. The zero-order valence-corrected chi connectivity index (χ0v) is 6.96. The fourth-order valence-corrected chi connectivity index (χ4v) is 1.70. The SMILES string of the molecule is FC(F)(F)C(C(F)(F)F)S(F)(F)(F)(F)F. The summed E-state index contributed by atoms with van der Waals surface area (Å²) in [7, 11) is -11.7. The maximum Gasteiger partial charge on any atom is 0.418 e. The van der Waals surface area contributed by atoms with Crippen molar-refractivity contribution >= 4 is 10.2 Å². The van der Waals surface area contributed by atoms with E-state index in [1.165, 1.54) is 0 Å². The number of rotatable bonds is 1. The van der Waals surface area contributed by atoms with Gasteiger partial charge in [0.05, 0.1) is 0 Å². The molecular formula is C3HF11S. The molecule has 96 valence electrons. The molecule has 0 nitrogen and oxygen atoms in total. The van der Waals surface area contributed by atoms with E-state index in [0.29, 0.717) is 0 Å². The van der Waals surface area contributed by atoms with E-state index in [1.54, 1.807) is 0 Å². The summed E-state index contributed by atoms with van der Waals surface area (Å²) in [5.74, 6) is 0. The Balaban J connectivity index is 5.80. The van der Waals surface area contributed by atoms with Gasteiger partial charge in [-0.2, -0.15) is 26.3 Å². The fourth-order valence-electron chi connectivity index (χ4n) is 0.691. The van der Waals surface area contributed by atoms with Crippen LogP contribution in [0, 0.1) is 0 Å². The largest absolute Gasteiger partial charge is 0.418 e. The lowest BCUT2D eigenvalue weighted by molar-refractivity contribution is -0.233. The normalized spacial score (nSPS) is 20.0. The van der Waals surface area contributed by atoms with Crippen molar-refractivity contribution in [3.8, 4) is 0 Å². The molecule has 0 heterocycles. The van der Waals surface area contributed by atoms with Gasteiger partial charge >= 0.3 is 22.6 Å². The van der Waals surface area contributed by atoms with Crippen LogP contribution in [0.3, 0.4) is 0 Å². The van der Waals surface area contributed by atoms with Crippen LogP contribution < -0.4 is 0 Å². The standard InChI is InChI=1S/C3HF11S/c4-2(5,6)1(3(7,8)9)15(10,11,12,13)14/h1H. The smallest absolute Gasteiger partial charge is 0.169 e. The molecule has 0 rings (SSSR count). The molecule has 0 aliphatic carbocycles. The molecule has 0 aliphatic rings. The Morgan fingerprint density at radius 2 is 0.800 bits per heavy atom. The van der Waals surface area contributed by atoms with Crippen LogP contribution in [0.1, 0.15) is 0 Å². The average molecular weight is 278 g/mol. The monoisotopic (exact) mass is 278 g/mol. The Morgan fingerprint density at radius 1 is 0.600 bits per heavy atom. The van der Waals surface area contributed by atoms with Gasteiger partial charge in [-0.05, 0) is 0 Å². The van der Waals surface area contributed by atoms with E-state index in [-0.39, 0.29) is 0 Å². The number of hydrogen-bond acceptors (Lipinski definition) is 0. The molecule has 15 heavy (non-hydrogen) atoms. The predicted octanol–water partition coefficient (Wildman–Crippen LogP) is 4.78. The van der Waals surface area contributed by atoms with Gasteiger partial charge in [-0.3, -0.25) is 0 Å². The van der Waals surface area contributed by atoms with Crippen LogP contribution in [0.4, 0.5) is 45.8 Å². The molecule has 0 aromatic carbocycles. The maximum absolute atomic E-state index is 11.7. The van der Waals surface area contributed by atoms with Crippen molar-refractivity contribution < 1.29 is 45.8 Å². The summed E-state index contributed by atoms with van der Waals surface area (Å²) in [4.78, 5) is 0. The molecule has 0 spiro atoms. The third-order valence-electron chi connectivity index (χ3n) is 1.04. The molecule has 0 atom stereocenters. The summed E-state index contributed by atoms with van der Waals surface area (Å²) < 4.78 is 125. The minimum Gasteiger partial charge on any atom is -0.169 e. The zero-order chi connectivity index (χ0) is 13.0. The highest BCUT2D eigenvalue weighted by Crippen LogP contribution is 3.02. The third kappa shape index (κ3) is 3.91. The van der Waals surface area contributed by atoms with Gasteiger partial charge in [0.25, 0.3) is 5.25 Å². The molecule has 0 N–H and O–H groups in total. The lowest BCUT2D eigenvalue weighted by atomic mass is 10.4. The second-order valence-corrected chi connectivity index (χ2v) is 5.02. The Kier molecular flexibility index (Phi) is 2.39. The lowest BCUT2D eigenvalue weighted by Gasteiger charge is -2.47. The average Bonchev–Trinajstić information content (AvgIpc) is 1.37. The van der Waals surface area contributed by atoms with Crippen LogP contribution in [-0.4, -0.2) is 17.6 Å². The van der Waals surface area contributed by atoms with E-state index in [2.05, 4.69) is 0 Å². The molecular weight excluding hydrogens is 277 g/mol. The molecule has 0 radical (unpaired) electrons. The first-order chi connectivity index (χ1) is 5.85. The third-order valence-corrected chi connectivity index (χ3v) is 2.47. The van der Waals surface area contributed by atoms with Crippen LogP contribution in [0.25, 0.3) is 0 Å². The molecule has 0 bridgehead atoms. The van der Waals surface area contributed by atoms with Crippen LogP contribution in [0.2, 0.25) is 0 Å². The first-order valence-corrected chi connectivity index (χ1v) is 4.73. The van der Waals surface area contributed by atoms with Crippen molar-refractivity contribution in [2.24, 2.45) is 0 Å². The van der Waals surface area contributed by atoms with Crippen molar-refractivity contribution in [1.82, 2.24) is 0 Å². The van der Waals surface area contributed by atoms with E-state index >= 15 is 0 Å². The van der Waals surface area contributed by atoms with E-state index in [0.717, 1.165) is 0 Å². The molecule has 0 fully saturated rings. The van der Waals surface area contributed by atoms with Crippen LogP contribution in [0.15, 0.2) is 0 Å². The summed E-state index contributed by atoms with van der Waals surface area (Å²) in [5.41, 5.74) is 0. The van der Waals surface area contributed by atoms with Crippen molar-refractivity contribution in [2.45, 2.75) is 17.6 Å². The Morgan fingerprint density at radius 3 is 0.800 bits per heavy atom. The second kappa shape index (κ2) is 2.46. The Labute approximate surface area is 74.8 Å². The van der Waals surface area contributed by atoms with Crippen LogP contribution in [0.5, 0.6) is 0 Å². The maximum atomic E-state index is 11.4. The fraction of sp³-hybridized carbons (Fsp3) is 1.00. The molecule has 0 amide bonds. The van der Waals surface area contributed by atoms with E-state index < -0.39 is 27.8 Å². The van der Waals surface area contributed by atoms with Gasteiger partial charge in [0.15, 0.2) is 0 Å². The lowest BCUT2D eigenvalue weighted by Crippen LogP contribution is -2.49. The van der Waals surface area contributed by atoms with Gasteiger partial charge in [0.2, 0.25) is 0 Å². The van der Waals surface area contributed by atoms with Gasteiger partial charge in [-0.15, -0.1) is 0 Å². The van der Waals surface area contributed by atoms with E-state index in [1.807, 2.05) is 0 Å². The van der Waals surface area contributed by atoms with Crippen molar-refractivity contribution in [2.75, 3.05) is 0 Å². The number of halogens is 11. The van der Waals surface area contributed by atoms with Crippen molar-refractivity contribution in [3.63, 3.8) is 0 Å². The molecule has 0 saturated heterocycles. The molecule has 0 aromatic rings. The minimum atomic E-state index is -11.7. The van der Waals surface area contributed by atoms with Crippen molar-refractivity contribution in [3.05, 3.63) is 0 Å². The zero-order valence-electron chi connectivity index (χ0n) is 6.14.